The molecule has 0 saturated carbocycles. The second-order valence-electron chi connectivity index (χ2n) is 7.17. The first-order chi connectivity index (χ1) is 11.4. The summed E-state index contributed by atoms with van der Waals surface area (Å²) in [6, 6.07) is 6.55. The van der Waals surface area contributed by atoms with Crippen LogP contribution in [-0.4, -0.2) is 51.2 Å². The molecule has 9 heteroatoms. The molecule has 0 radical (unpaired) electrons. The molecule has 0 fully saturated rings. The molecule has 7 nitrogen and oxygen atoms in total. The lowest BCUT2D eigenvalue weighted by molar-refractivity contribution is -0.128. The SMILES string of the molecule is CC(C)Oc1ccc(NS(=O)(=O)CC(=O)N(C)CC(C)(C)CN)cc1.Cl. The number of halogens is 1. The molecule has 0 aromatic heterocycles. The number of rotatable bonds is 9. The van der Waals surface area contributed by atoms with Gasteiger partial charge in [-0.15, -0.1) is 12.4 Å². The van der Waals surface area contributed by atoms with Crippen LogP contribution in [0.3, 0.4) is 0 Å². The van der Waals surface area contributed by atoms with E-state index in [2.05, 4.69) is 4.72 Å². The predicted octanol–water partition coefficient (Wildman–Crippen LogP) is 2.08. The van der Waals surface area contributed by atoms with Crippen molar-refractivity contribution in [2.45, 2.75) is 33.8 Å². The number of ether oxygens (including phenoxy) is 1. The van der Waals surface area contributed by atoms with E-state index in [-0.39, 0.29) is 23.9 Å². The highest BCUT2D eigenvalue weighted by Crippen LogP contribution is 2.18. The molecule has 0 unspecified atom stereocenters. The third-order valence-corrected chi connectivity index (χ3v) is 4.63. The molecule has 1 amide bonds. The zero-order chi connectivity index (χ0) is 19.3. The van der Waals surface area contributed by atoms with Gasteiger partial charge in [-0.05, 0) is 50.1 Å². The number of nitrogens with zero attached hydrogens (tertiary/aromatic N) is 1. The maximum Gasteiger partial charge on any atom is 0.241 e. The van der Waals surface area contributed by atoms with E-state index in [0.29, 0.717) is 24.5 Å². The van der Waals surface area contributed by atoms with Crippen molar-refractivity contribution in [2.24, 2.45) is 11.1 Å². The zero-order valence-corrected chi connectivity index (χ0v) is 17.6. The molecular weight excluding hydrogens is 378 g/mol. The summed E-state index contributed by atoms with van der Waals surface area (Å²) in [6.07, 6.45) is 0.0356. The zero-order valence-electron chi connectivity index (χ0n) is 16.0. The van der Waals surface area contributed by atoms with Crippen LogP contribution in [0.1, 0.15) is 27.7 Å². The number of hydrogen-bond donors (Lipinski definition) is 2. The lowest BCUT2D eigenvalue weighted by Crippen LogP contribution is -2.42. The third kappa shape index (κ3) is 8.73. The van der Waals surface area contributed by atoms with Crippen LogP contribution >= 0.6 is 12.4 Å². The Morgan fingerprint density at radius 3 is 2.27 bits per heavy atom. The van der Waals surface area contributed by atoms with Gasteiger partial charge >= 0.3 is 0 Å². The molecule has 0 spiro atoms. The van der Waals surface area contributed by atoms with Crippen molar-refractivity contribution < 1.29 is 17.9 Å². The first-order valence-electron chi connectivity index (χ1n) is 8.15. The normalized spacial score (nSPS) is 11.7. The number of nitrogens with two attached hydrogens (primary N) is 1. The molecule has 3 N–H and O–H groups in total. The van der Waals surface area contributed by atoms with Crippen molar-refractivity contribution >= 4 is 34.0 Å². The lowest BCUT2D eigenvalue weighted by Gasteiger charge is -2.29. The monoisotopic (exact) mass is 407 g/mol. The Morgan fingerprint density at radius 1 is 1.27 bits per heavy atom. The maximum atomic E-state index is 12.2. The van der Waals surface area contributed by atoms with E-state index < -0.39 is 21.7 Å². The Balaban J connectivity index is 0.00000625. The molecule has 0 aliphatic rings. The predicted molar refractivity (Wildman–Crippen MR) is 107 cm³/mol. The van der Waals surface area contributed by atoms with Gasteiger partial charge in [0.05, 0.1) is 6.10 Å². The van der Waals surface area contributed by atoms with Gasteiger partial charge in [-0.3, -0.25) is 9.52 Å². The van der Waals surface area contributed by atoms with Gasteiger partial charge in [0.25, 0.3) is 0 Å². The van der Waals surface area contributed by atoms with Crippen molar-refractivity contribution in [2.75, 3.05) is 30.6 Å². The summed E-state index contributed by atoms with van der Waals surface area (Å²) in [6.45, 7) is 8.45. The van der Waals surface area contributed by atoms with Crippen LogP contribution < -0.4 is 15.2 Å². The lowest BCUT2D eigenvalue weighted by atomic mass is 9.93. The molecule has 0 heterocycles. The van der Waals surface area contributed by atoms with Crippen LogP contribution in [0, 0.1) is 5.41 Å². The van der Waals surface area contributed by atoms with Crippen molar-refractivity contribution in [3.05, 3.63) is 24.3 Å². The molecule has 0 atom stereocenters. The molecule has 26 heavy (non-hydrogen) atoms. The molecule has 0 saturated heterocycles. The number of nitrogens with one attached hydrogen (secondary N) is 1. The fraction of sp³-hybridized carbons (Fsp3) is 0.588. The molecule has 1 aromatic rings. The Kier molecular flexibility index (Phi) is 9.41. The van der Waals surface area contributed by atoms with Crippen molar-refractivity contribution in [1.82, 2.24) is 4.90 Å². The van der Waals surface area contributed by atoms with E-state index in [0.717, 1.165) is 0 Å². The summed E-state index contributed by atoms with van der Waals surface area (Å²) < 4.78 is 32.3. The van der Waals surface area contributed by atoms with Crippen LogP contribution in [0.5, 0.6) is 5.75 Å². The number of hydrogen-bond acceptors (Lipinski definition) is 5. The summed E-state index contributed by atoms with van der Waals surface area (Å²) in [5.74, 6) is -0.444. The number of sulfonamides is 1. The fourth-order valence-corrected chi connectivity index (χ4v) is 3.27. The minimum atomic E-state index is -3.79. The van der Waals surface area contributed by atoms with E-state index in [9.17, 15) is 13.2 Å². The van der Waals surface area contributed by atoms with Gasteiger partial charge in [0.2, 0.25) is 15.9 Å². The number of carbonyl (C=O) groups is 1. The van der Waals surface area contributed by atoms with E-state index in [4.69, 9.17) is 10.5 Å². The van der Waals surface area contributed by atoms with Gasteiger partial charge in [-0.1, -0.05) is 13.8 Å². The minimum Gasteiger partial charge on any atom is -0.491 e. The van der Waals surface area contributed by atoms with E-state index in [1.165, 1.54) is 4.90 Å². The highest BCUT2D eigenvalue weighted by molar-refractivity contribution is 7.93. The fourth-order valence-electron chi connectivity index (χ4n) is 2.16. The quantitative estimate of drug-likeness (QED) is 0.652. The van der Waals surface area contributed by atoms with Gasteiger partial charge < -0.3 is 15.4 Å². The molecular formula is C17H30ClN3O4S. The summed E-state index contributed by atoms with van der Waals surface area (Å²) in [5.41, 5.74) is 5.76. The molecule has 0 aliphatic carbocycles. The van der Waals surface area contributed by atoms with Crippen molar-refractivity contribution in [3.63, 3.8) is 0 Å². The molecule has 0 aliphatic heterocycles. The number of amides is 1. The maximum absolute atomic E-state index is 12.2. The van der Waals surface area contributed by atoms with Gasteiger partial charge in [0, 0.05) is 19.3 Å². The van der Waals surface area contributed by atoms with Crippen LogP contribution in [0.25, 0.3) is 0 Å². The second-order valence-corrected chi connectivity index (χ2v) is 8.89. The number of anilines is 1. The van der Waals surface area contributed by atoms with E-state index in [1.54, 1.807) is 31.3 Å². The minimum absolute atomic E-state index is 0. The molecule has 1 rings (SSSR count). The first-order valence-corrected chi connectivity index (χ1v) is 9.80. The topological polar surface area (TPSA) is 102 Å². The van der Waals surface area contributed by atoms with Crippen molar-refractivity contribution in [3.8, 4) is 5.75 Å². The second kappa shape index (κ2) is 9.99. The van der Waals surface area contributed by atoms with Gasteiger partial charge in [-0.25, -0.2) is 8.42 Å². The number of benzene rings is 1. The molecule has 0 bridgehead atoms. The third-order valence-electron chi connectivity index (χ3n) is 3.46. The summed E-state index contributed by atoms with van der Waals surface area (Å²) in [5, 5.41) is 0. The average Bonchev–Trinajstić information content (AvgIpc) is 2.47. The van der Waals surface area contributed by atoms with Crippen LogP contribution in [0.15, 0.2) is 24.3 Å². The van der Waals surface area contributed by atoms with E-state index >= 15 is 0 Å². The van der Waals surface area contributed by atoms with Crippen LogP contribution in [0.4, 0.5) is 5.69 Å². The van der Waals surface area contributed by atoms with Gasteiger partial charge in [-0.2, -0.15) is 0 Å². The van der Waals surface area contributed by atoms with Crippen molar-refractivity contribution in [1.29, 1.82) is 0 Å². The Labute approximate surface area is 162 Å². The summed E-state index contributed by atoms with van der Waals surface area (Å²) in [4.78, 5) is 13.6. The summed E-state index contributed by atoms with van der Waals surface area (Å²) >= 11 is 0. The largest absolute Gasteiger partial charge is 0.491 e. The molecule has 1 aromatic carbocycles. The highest BCUT2D eigenvalue weighted by atomic mass is 35.5. The summed E-state index contributed by atoms with van der Waals surface area (Å²) in [7, 11) is -2.21. The Bertz CT molecular complexity index is 676. The average molecular weight is 408 g/mol. The van der Waals surface area contributed by atoms with Gasteiger partial charge in [0.1, 0.15) is 11.5 Å². The highest BCUT2D eigenvalue weighted by Gasteiger charge is 2.24. The first kappa shape index (κ1) is 24.5. The van der Waals surface area contributed by atoms with Crippen LogP contribution in [0.2, 0.25) is 0 Å². The van der Waals surface area contributed by atoms with Crippen LogP contribution in [-0.2, 0) is 14.8 Å². The smallest absolute Gasteiger partial charge is 0.241 e. The Hall–Kier alpha value is -1.51. The Morgan fingerprint density at radius 2 is 1.81 bits per heavy atom. The van der Waals surface area contributed by atoms with E-state index in [1.807, 2.05) is 27.7 Å². The van der Waals surface area contributed by atoms with Gasteiger partial charge in [0.15, 0.2) is 0 Å². The standard InChI is InChI=1S/C17H29N3O4S.ClH/c1-13(2)24-15-8-6-14(7-9-15)19-25(22,23)10-16(21)20(5)12-17(3,4)11-18;/h6-9,13,19H,10-12,18H2,1-5H3;1H. The number of carbonyl (C=O) groups excluding carboxylic acids is 1. The molecule has 150 valence electrons.